The molecule has 2 heterocycles. The van der Waals surface area contributed by atoms with Crippen molar-refractivity contribution in [2.45, 2.75) is 26.3 Å². The predicted octanol–water partition coefficient (Wildman–Crippen LogP) is 4.56. The number of piperidine rings is 1. The molecule has 1 aliphatic rings. The van der Waals surface area contributed by atoms with Crippen LogP contribution >= 0.6 is 0 Å². The molecule has 0 unspecified atom stereocenters. The van der Waals surface area contributed by atoms with Crippen LogP contribution in [0.3, 0.4) is 0 Å². The number of nitrogens with zero attached hydrogens (tertiary/aromatic N) is 2. The summed E-state index contributed by atoms with van der Waals surface area (Å²) in [5.74, 6) is 0.768. The molecule has 3 aromatic rings. The molecule has 4 rings (SSSR count). The second kappa shape index (κ2) is 6.75. The molecule has 1 fully saturated rings. The maximum Gasteiger partial charge on any atom is 0.256 e. The van der Waals surface area contributed by atoms with Crippen LogP contribution in [0.25, 0.3) is 10.9 Å². The van der Waals surface area contributed by atoms with Gasteiger partial charge in [0.1, 0.15) is 0 Å². The van der Waals surface area contributed by atoms with Gasteiger partial charge in [0, 0.05) is 36.7 Å². The van der Waals surface area contributed by atoms with Gasteiger partial charge in [-0.3, -0.25) is 4.79 Å². The molecule has 0 N–H and O–H groups in total. The van der Waals surface area contributed by atoms with E-state index >= 15 is 0 Å². The molecule has 3 heteroatoms. The summed E-state index contributed by atoms with van der Waals surface area (Å²) in [4.78, 5) is 15.2. The molecule has 0 aliphatic carbocycles. The average molecular weight is 332 g/mol. The summed E-state index contributed by atoms with van der Waals surface area (Å²) < 4.78 is 2.20. The van der Waals surface area contributed by atoms with Crippen molar-refractivity contribution >= 4 is 16.8 Å². The van der Waals surface area contributed by atoms with Crippen molar-refractivity contribution in [1.29, 1.82) is 0 Å². The summed E-state index contributed by atoms with van der Waals surface area (Å²) >= 11 is 0. The molecule has 2 aromatic carbocycles. The third kappa shape index (κ3) is 3.19. The summed E-state index contributed by atoms with van der Waals surface area (Å²) in [7, 11) is 0. The molecular weight excluding hydrogens is 308 g/mol. The van der Waals surface area contributed by atoms with Crippen molar-refractivity contribution in [1.82, 2.24) is 9.47 Å². The van der Waals surface area contributed by atoms with Gasteiger partial charge < -0.3 is 9.47 Å². The number of carbonyl (C=O) groups is 1. The number of carbonyl (C=O) groups excluding carboxylic acids is 1. The first-order valence-electron chi connectivity index (χ1n) is 9.13. The molecule has 0 bridgehead atoms. The maximum absolute atomic E-state index is 13.1. The normalized spacial score (nSPS) is 17.8. The minimum Gasteiger partial charge on any atom is -0.342 e. The van der Waals surface area contributed by atoms with Gasteiger partial charge in [-0.25, -0.2) is 0 Å². The number of para-hydroxylation sites is 1. The number of amides is 1. The van der Waals surface area contributed by atoms with Crippen LogP contribution in [0.4, 0.5) is 0 Å². The van der Waals surface area contributed by atoms with Crippen molar-refractivity contribution < 1.29 is 4.79 Å². The van der Waals surface area contributed by atoms with Gasteiger partial charge in [-0.2, -0.15) is 0 Å². The highest BCUT2D eigenvalue weighted by Crippen LogP contribution is 2.26. The third-order valence-electron chi connectivity index (χ3n) is 5.16. The van der Waals surface area contributed by atoms with Crippen molar-refractivity contribution in [2.75, 3.05) is 13.1 Å². The summed E-state index contributed by atoms with van der Waals surface area (Å²) in [6.07, 6.45) is 4.37. The van der Waals surface area contributed by atoms with E-state index in [9.17, 15) is 4.79 Å². The van der Waals surface area contributed by atoms with E-state index in [0.29, 0.717) is 5.92 Å². The first-order chi connectivity index (χ1) is 12.2. The Morgan fingerprint density at radius 2 is 1.84 bits per heavy atom. The lowest BCUT2D eigenvalue weighted by atomic mass is 9.99. The van der Waals surface area contributed by atoms with E-state index in [2.05, 4.69) is 47.9 Å². The first-order valence-corrected chi connectivity index (χ1v) is 9.13. The Balaban J connectivity index is 1.71. The van der Waals surface area contributed by atoms with Gasteiger partial charge in [0.2, 0.25) is 0 Å². The fourth-order valence-corrected chi connectivity index (χ4v) is 3.87. The fraction of sp³-hybridized carbons (Fsp3) is 0.318. The van der Waals surface area contributed by atoms with E-state index in [4.69, 9.17) is 0 Å². The zero-order valence-electron chi connectivity index (χ0n) is 14.7. The molecular formula is C22H24N2O. The van der Waals surface area contributed by atoms with Crippen LogP contribution in [0.1, 0.15) is 35.7 Å². The summed E-state index contributed by atoms with van der Waals surface area (Å²) in [6.45, 7) is 4.77. The number of likely N-dealkylation sites (tertiary alicyclic amines) is 1. The number of hydrogen-bond donors (Lipinski definition) is 0. The van der Waals surface area contributed by atoms with Gasteiger partial charge in [0.15, 0.2) is 0 Å². The number of rotatable bonds is 3. The molecule has 128 valence electrons. The van der Waals surface area contributed by atoms with Crippen molar-refractivity contribution in [3.05, 3.63) is 71.9 Å². The lowest BCUT2D eigenvalue weighted by molar-refractivity contribution is 0.0685. The van der Waals surface area contributed by atoms with Crippen LogP contribution in [-0.2, 0) is 6.54 Å². The second-order valence-corrected chi connectivity index (χ2v) is 7.17. The molecule has 0 spiro atoms. The van der Waals surface area contributed by atoms with E-state index in [0.717, 1.165) is 42.5 Å². The summed E-state index contributed by atoms with van der Waals surface area (Å²) in [6, 6.07) is 18.6. The highest BCUT2D eigenvalue weighted by molar-refractivity contribution is 6.07. The monoisotopic (exact) mass is 332 g/mol. The smallest absolute Gasteiger partial charge is 0.256 e. The van der Waals surface area contributed by atoms with Crippen molar-refractivity contribution in [3.63, 3.8) is 0 Å². The second-order valence-electron chi connectivity index (χ2n) is 7.17. The van der Waals surface area contributed by atoms with E-state index in [1.807, 2.05) is 29.3 Å². The quantitative estimate of drug-likeness (QED) is 0.690. The van der Waals surface area contributed by atoms with E-state index in [1.165, 1.54) is 12.0 Å². The number of aromatic nitrogens is 1. The molecule has 1 aromatic heterocycles. The summed E-state index contributed by atoms with van der Waals surface area (Å²) in [5.41, 5.74) is 3.20. The van der Waals surface area contributed by atoms with E-state index in [-0.39, 0.29) is 5.91 Å². The minimum absolute atomic E-state index is 0.176. The molecule has 0 saturated carbocycles. The molecule has 3 nitrogen and oxygen atoms in total. The van der Waals surface area contributed by atoms with Crippen molar-refractivity contribution in [2.24, 2.45) is 5.92 Å². The van der Waals surface area contributed by atoms with Gasteiger partial charge in [0.25, 0.3) is 5.91 Å². The van der Waals surface area contributed by atoms with Crippen LogP contribution in [0, 0.1) is 5.92 Å². The highest BCUT2D eigenvalue weighted by Gasteiger charge is 2.24. The van der Waals surface area contributed by atoms with Crippen LogP contribution in [-0.4, -0.2) is 28.5 Å². The standard InChI is InChI=1S/C22H24N2O/c1-17-8-7-13-23(14-17)22(25)20-16-24(15-18-9-3-2-4-10-18)21-12-6-5-11-19(20)21/h2-6,9-12,16-17H,7-8,13-15H2,1H3/t17-/m0/s1. The Morgan fingerprint density at radius 3 is 2.64 bits per heavy atom. The lowest BCUT2D eigenvalue weighted by Gasteiger charge is -2.30. The van der Waals surface area contributed by atoms with Crippen LogP contribution < -0.4 is 0 Å². The minimum atomic E-state index is 0.176. The number of hydrogen-bond acceptors (Lipinski definition) is 1. The highest BCUT2D eigenvalue weighted by atomic mass is 16.2. The van der Waals surface area contributed by atoms with E-state index < -0.39 is 0 Å². The molecule has 1 saturated heterocycles. The fourth-order valence-electron chi connectivity index (χ4n) is 3.87. The van der Waals surface area contributed by atoms with Gasteiger partial charge in [0.05, 0.1) is 5.56 Å². The largest absolute Gasteiger partial charge is 0.342 e. The molecule has 25 heavy (non-hydrogen) atoms. The first kappa shape index (κ1) is 15.9. The van der Waals surface area contributed by atoms with Crippen LogP contribution in [0.5, 0.6) is 0 Å². The topological polar surface area (TPSA) is 25.2 Å². The Morgan fingerprint density at radius 1 is 1.08 bits per heavy atom. The SMILES string of the molecule is C[C@H]1CCCN(C(=O)c2cn(Cc3ccccc3)c3ccccc23)C1. The van der Waals surface area contributed by atoms with Gasteiger partial charge in [-0.15, -0.1) is 0 Å². The molecule has 1 amide bonds. The van der Waals surface area contributed by atoms with Gasteiger partial charge in [-0.1, -0.05) is 55.5 Å². The van der Waals surface area contributed by atoms with Crippen molar-refractivity contribution in [3.8, 4) is 0 Å². The molecule has 1 atom stereocenters. The Bertz CT molecular complexity index is 881. The van der Waals surface area contributed by atoms with Gasteiger partial charge >= 0.3 is 0 Å². The van der Waals surface area contributed by atoms with Gasteiger partial charge in [-0.05, 0) is 30.4 Å². The number of fused-ring (bicyclic) bond motifs is 1. The zero-order valence-corrected chi connectivity index (χ0v) is 14.7. The Labute approximate surface area is 148 Å². The average Bonchev–Trinajstić information content (AvgIpc) is 3.01. The third-order valence-corrected chi connectivity index (χ3v) is 5.16. The predicted molar refractivity (Wildman–Crippen MR) is 102 cm³/mol. The maximum atomic E-state index is 13.1. The Hall–Kier alpha value is -2.55. The molecule has 1 aliphatic heterocycles. The van der Waals surface area contributed by atoms with Crippen LogP contribution in [0.15, 0.2) is 60.8 Å². The lowest BCUT2D eigenvalue weighted by Crippen LogP contribution is -2.39. The van der Waals surface area contributed by atoms with E-state index in [1.54, 1.807) is 0 Å². The summed E-state index contributed by atoms with van der Waals surface area (Å²) in [5, 5.41) is 1.06. The molecule has 0 radical (unpaired) electrons. The Kier molecular flexibility index (Phi) is 4.31. The zero-order chi connectivity index (χ0) is 17.2. The number of benzene rings is 2. The van der Waals surface area contributed by atoms with Crippen LogP contribution in [0.2, 0.25) is 0 Å².